The Bertz CT molecular complexity index is 537. The van der Waals surface area contributed by atoms with Gasteiger partial charge in [0.2, 0.25) is 5.89 Å². The van der Waals surface area contributed by atoms with E-state index in [2.05, 4.69) is 10.2 Å². The molecule has 0 fully saturated rings. The van der Waals surface area contributed by atoms with Crippen molar-refractivity contribution in [1.82, 2.24) is 10.2 Å². The Hall–Kier alpha value is -2.08. The minimum absolute atomic E-state index is 0.162. The SMILES string of the molecule is COc1ccc(OC)c(-c2nnc(C(C)O)o2)c1. The summed E-state index contributed by atoms with van der Waals surface area (Å²) in [7, 11) is 3.12. The van der Waals surface area contributed by atoms with Crippen LogP contribution in [-0.2, 0) is 0 Å². The number of benzene rings is 1. The number of methoxy groups -OCH3 is 2. The Morgan fingerprint density at radius 2 is 2.00 bits per heavy atom. The summed E-state index contributed by atoms with van der Waals surface area (Å²) in [6, 6.07) is 5.26. The summed E-state index contributed by atoms with van der Waals surface area (Å²) in [6.07, 6.45) is -0.803. The number of aliphatic hydroxyl groups is 1. The summed E-state index contributed by atoms with van der Waals surface area (Å²) in [5, 5.41) is 17.0. The van der Waals surface area contributed by atoms with Crippen LogP contribution in [0.15, 0.2) is 22.6 Å². The fraction of sp³-hybridized carbons (Fsp3) is 0.333. The molecule has 0 saturated carbocycles. The van der Waals surface area contributed by atoms with Crippen LogP contribution >= 0.6 is 0 Å². The van der Waals surface area contributed by atoms with E-state index in [1.165, 1.54) is 0 Å². The molecule has 6 nitrogen and oxygen atoms in total. The molecule has 18 heavy (non-hydrogen) atoms. The van der Waals surface area contributed by atoms with E-state index in [1.807, 2.05) is 0 Å². The summed E-state index contributed by atoms with van der Waals surface area (Å²) >= 11 is 0. The van der Waals surface area contributed by atoms with E-state index in [0.717, 1.165) is 0 Å². The second-order valence-electron chi connectivity index (χ2n) is 3.69. The monoisotopic (exact) mass is 250 g/mol. The van der Waals surface area contributed by atoms with E-state index in [4.69, 9.17) is 13.9 Å². The first kappa shape index (κ1) is 12.4. The lowest BCUT2D eigenvalue weighted by Gasteiger charge is -2.07. The lowest BCUT2D eigenvalue weighted by atomic mass is 10.2. The van der Waals surface area contributed by atoms with Crippen LogP contribution in [0.3, 0.4) is 0 Å². The second-order valence-corrected chi connectivity index (χ2v) is 3.69. The molecule has 0 radical (unpaired) electrons. The maximum absolute atomic E-state index is 9.36. The molecule has 2 aromatic rings. The van der Waals surface area contributed by atoms with E-state index in [0.29, 0.717) is 17.1 Å². The molecule has 0 aliphatic carbocycles. The summed E-state index contributed by atoms with van der Waals surface area (Å²) in [6.45, 7) is 1.56. The highest BCUT2D eigenvalue weighted by atomic mass is 16.5. The molecule has 0 bridgehead atoms. The van der Waals surface area contributed by atoms with E-state index in [9.17, 15) is 5.11 Å². The number of ether oxygens (including phenoxy) is 2. The van der Waals surface area contributed by atoms with Crippen molar-refractivity contribution in [1.29, 1.82) is 0 Å². The molecule has 0 spiro atoms. The van der Waals surface area contributed by atoms with Crippen LogP contribution in [0.4, 0.5) is 0 Å². The molecule has 1 atom stereocenters. The van der Waals surface area contributed by atoms with Gasteiger partial charge in [-0.2, -0.15) is 0 Å². The molecule has 1 aromatic carbocycles. The highest BCUT2D eigenvalue weighted by molar-refractivity contribution is 5.64. The highest BCUT2D eigenvalue weighted by Crippen LogP contribution is 2.33. The molecular weight excluding hydrogens is 236 g/mol. The molecular formula is C12H14N2O4. The van der Waals surface area contributed by atoms with Gasteiger partial charge in [-0.15, -0.1) is 10.2 Å². The van der Waals surface area contributed by atoms with Crippen molar-refractivity contribution in [3.8, 4) is 23.0 Å². The Labute approximate surface area is 104 Å². The molecule has 1 N–H and O–H groups in total. The number of aliphatic hydroxyl groups excluding tert-OH is 1. The normalized spacial score (nSPS) is 12.2. The van der Waals surface area contributed by atoms with Gasteiger partial charge in [-0.1, -0.05) is 0 Å². The summed E-state index contributed by atoms with van der Waals surface area (Å²) in [4.78, 5) is 0. The van der Waals surface area contributed by atoms with Crippen molar-refractivity contribution < 1.29 is 19.0 Å². The van der Waals surface area contributed by atoms with Gasteiger partial charge >= 0.3 is 0 Å². The minimum Gasteiger partial charge on any atom is -0.497 e. The van der Waals surface area contributed by atoms with Crippen LogP contribution in [0.5, 0.6) is 11.5 Å². The standard InChI is InChI=1S/C12H14N2O4/c1-7(15)11-13-14-12(18-11)9-6-8(16-2)4-5-10(9)17-3/h4-7,15H,1-3H3. The van der Waals surface area contributed by atoms with Gasteiger partial charge in [0, 0.05) is 0 Å². The van der Waals surface area contributed by atoms with E-state index in [-0.39, 0.29) is 11.8 Å². The third-order valence-electron chi connectivity index (χ3n) is 2.44. The third-order valence-corrected chi connectivity index (χ3v) is 2.44. The van der Waals surface area contributed by atoms with Gasteiger partial charge in [-0.25, -0.2) is 0 Å². The van der Waals surface area contributed by atoms with Gasteiger partial charge in [0.25, 0.3) is 5.89 Å². The molecule has 6 heteroatoms. The molecule has 0 saturated heterocycles. The van der Waals surface area contributed by atoms with Crippen molar-refractivity contribution in [2.24, 2.45) is 0 Å². The molecule has 96 valence electrons. The first-order chi connectivity index (χ1) is 8.65. The van der Waals surface area contributed by atoms with E-state index in [1.54, 1.807) is 39.3 Å². The number of hydrogen-bond donors (Lipinski definition) is 1. The average Bonchev–Trinajstić information content (AvgIpc) is 2.87. The maximum Gasteiger partial charge on any atom is 0.251 e. The maximum atomic E-state index is 9.36. The lowest BCUT2D eigenvalue weighted by molar-refractivity contribution is 0.163. The van der Waals surface area contributed by atoms with Crippen molar-refractivity contribution >= 4 is 0 Å². The van der Waals surface area contributed by atoms with Gasteiger partial charge in [-0.3, -0.25) is 0 Å². The zero-order valence-corrected chi connectivity index (χ0v) is 10.4. The second kappa shape index (κ2) is 5.05. The minimum atomic E-state index is -0.803. The number of aromatic nitrogens is 2. The molecule has 0 aliphatic rings. The van der Waals surface area contributed by atoms with Crippen LogP contribution in [0, 0.1) is 0 Å². The fourth-order valence-electron chi connectivity index (χ4n) is 1.49. The number of rotatable bonds is 4. The molecule has 0 aliphatic heterocycles. The van der Waals surface area contributed by atoms with Crippen molar-refractivity contribution in [3.05, 3.63) is 24.1 Å². The smallest absolute Gasteiger partial charge is 0.251 e. The quantitative estimate of drug-likeness (QED) is 0.891. The Balaban J connectivity index is 2.46. The predicted octanol–water partition coefficient (Wildman–Crippen LogP) is 1.81. The van der Waals surface area contributed by atoms with Gasteiger partial charge < -0.3 is 19.0 Å². The highest BCUT2D eigenvalue weighted by Gasteiger charge is 2.16. The zero-order chi connectivity index (χ0) is 13.1. The molecule has 1 heterocycles. The van der Waals surface area contributed by atoms with Gasteiger partial charge in [0.05, 0.1) is 19.8 Å². The third kappa shape index (κ3) is 2.28. The largest absolute Gasteiger partial charge is 0.497 e. The number of hydrogen-bond acceptors (Lipinski definition) is 6. The Kier molecular flexibility index (Phi) is 3.47. The van der Waals surface area contributed by atoms with E-state index >= 15 is 0 Å². The van der Waals surface area contributed by atoms with E-state index < -0.39 is 6.10 Å². The summed E-state index contributed by atoms with van der Waals surface area (Å²) < 4.78 is 15.7. The van der Waals surface area contributed by atoms with Crippen LogP contribution in [0.25, 0.3) is 11.5 Å². The molecule has 1 unspecified atom stereocenters. The van der Waals surface area contributed by atoms with Crippen molar-refractivity contribution in [3.63, 3.8) is 0 Å². The topological polar surface area (TPSA) is 77.6 Å². The molecule has 0 amide bonds. The first-order valence-electron chi connectivity index (χ1n) is 5.39. The summed E-state index contributed by atoms with van der Waals surface area (Å²) in [5.74, 6) is 1.69. The Morgan fingerprint density at radius 1 is 1.22 bits per heavy atom. The van der Waals surface area contributed by atoms with Crippen LogP contribution in [0.2, 0.25) is 0 Å². The van der Waals surface area contributed by atoms with Crippen LogP contribution in [0.1, 0.15) is 18.9 Å². The van der Waals surface area contributed by atoms with Gasteiger partial charge in [-0.05, 0) is 25.1 Å². The lowest BCUT2D eigenvalue weighted by Crippen LogP contribution is -1.90. The summed E-state index contributed by atoms with van der Waals surface area (Å²) in [5.41, 5.74) is 0.622. The van der Waals surface area contributed by atoms with Crippen LogP contribution in [-0.4, -0.2) is 29.5 Å². The molecule has 2 rings (SSSR count). The predicted molar refractivity (Wildman–Crippen MR) is 63.5 cm³/mol. The van der Waals surface area contributed by atoms with Crippen molar-refractivity contribution in [2.75, 3.05) is 14.2 Å². The first-order valence-corrected chi connectivity index (χ1v) is 5.39. The van der Waals surface area contributed by atoms with Crippen molar-refractivity contribution in [2.45, 2.75) is 13.0 Å². The number of nitrogens with zero attached hydrogens (tertiary/aromatic N) is 2. The average molecular weight is 250 g/mol. The van der Waals surface area contributed by atoms with Gasteiger partial charge in [0.15, 0.2) is 0 Å². The fourth-order valence-corrected chi connectivity index (χ4v) is 1.49. The van der Waals surface area contributed by atoms with Crippen LogP contribution < -0.4 is 9.47 Å². The Morgan fingerprint density at radius 3 is 2.56 bits per heavy atom. The van der Waals surface area contributed by atoms with Gasteiger partial charge in [0.1, 0.15) is 17.6 Å². The molecule has 1 aromatic heterocycles. The zero-order valence-electron chi connectivity index (χ0n) is 10.4.